The molecule has 0 atom stereocenters. The lowest BCUT2D eigenvalue weighted by Gasteiger charge is -2.03. The zero-order chi connectivity index (χ0) is 9.26. The van der Waals surface area contributed by atoms with Gasteiger partial charge in [0.1, 0.15) is 0 Å². The molecule has 2 aromatic rings. The first kappa shape index (κ1) is 7.92. The molecule has 0 saturated heterocycles. The Labute approximate surface area is 77.0 Å². The molecule has 2 N–H and O–H groups in total. The zero-order valence-corrected chi connectivity index (χ0v) is 7.45. The third kappa shape index (κ3) is 1.43. The number of aryl methyl sites for hydroxylation is 1. The molecule has 0 unspecified atom stereocenters. The van der Waals surface area contributed by atoms with E-state index in [9.17, 15) is 0 Å². The van der Waals surface area contributed by atoms with Crippen LogP contribution in [-0.4, -0.2) is 0 Å². The van der Waals surface area contributed by atoms with Gasteiger partial charge in [0.15, 0.2) is 0 Å². The van der Waals surface area contributed by atoms with E-state index < -0.39 is 0 Å². The fraction of sp³-hybridized carbons (Fsp3) is 0.0909. The molecule has 0 bridgehead atoms. The van der Waals surface area contributed by atoms with Crippen LogP contribution in [0, 0.1) is 6.92 Å². The van der Waals surface area contributed by atoms with Gasteiger partial charge in [0, 0.05) is 11.3 Å². The van der Waals surface area contributed by atoms with Crippen molar-refractivity contribution in [2.45, 2.75) is 6.92 Å². The number of benzene rings is 1. The van der Waals surface area contributed by atoms with Crippen molar-refractivity contribution in [2.75, 3.05) is 5.73 Å². The highest BCUT2D eigenvalue weighted by Gasteiger charge is 2.02. The fourth-order valence-electron chi connectivity index (χ4n) is 1.43. The first-order chi connectivity index (χ1) is 6.27. The van der Waals surface area contributed by atoms with E-state index in [1.807, 2.05) is 31.2 Å². The van der Waals surface area contributed by atoms with Crippen molar-refractivity contribution in [2.24, 2.45) is 0 Å². The lowest BCUT2D eigenvalue weighted by molar-refractivity contribution is 0.568. The summed E-state index contributed by atoms with van der Waals surface area (Å²) in [5.74, 6) is 0. The summed E-state index contributed by atoms with van der Waals surface area (Å²) < 4.78 is 5.02. The van der Waals surface area contributed by atoms with Gasteiger partial charge in [-0.3, -0.25) is 0 Å². The fourth-order valence-corrected chi connectivity index (χ4v) is 1.43. The number of rotatable bonds is 1. The summed E-state index contributed by atoms with van der Waals surface area (Å²) in [5, 5.41) is 0. The van der Waals surface area contributed by atoms with E-state index in [-0.39, 0.29) is 0 Å². The van der Waals surface area contributed by atoms with Crippen molar-refractivity contribution < 1.29 is 4.42 Å². The minimum Gasteiger partial charge on any atom is -0.472 e. The Morgan fingerprint density at radius 1 is 1.23 bits per heavy atom. The van der Waals surface area contributed by atoms with Crippen LogP contribution in [-0.2, 0) is 0 Å². The van der Waals surface area contributed by atoms with E-state index in [0.29, 0.717) is 0 Å². The lowest BCUT2D eigenvalue weighted by atomic mass is 10.0. The third-order valence-electron chi connectivity index (χ3n) is 2.08. The van der Waals surface area contributed by atoms with Crippen molar-refractivity contribution in [1.29, 1.82) is 0 Å². The predicted molar refractivity (Wildman–Crippen MR) is 53.3 cm³/mol. The average Bonchev–Trinajstić information content (AvgIpc) is 2.56. The zero-order valence-electron chi connectivity index (χ0n) is 7.45. The van der Waals surface area contributed by atoms with E-state index in [1.165, 1.54) is 11.1 Å². The molecule has 66 valence electrons. The summed E-state index contributed by atoms with van der Waals surface area (Å²) >= 11 is 0. The highest BCUT2D eigenvalue weighted by Crippen LogP contribution is 2.24. The molecular weight excluding hydrogens is 162 g/mol. The number of anilines is 1. The molecule has 1 aromatic heterocycles. The topological polar surface area (TPSA) is 39.2 Å². The smallest absolute Gasteiger partial charge is 0.0981 e. The average molecular weight is 173 g/mol. The van der Waals surface area contributed by atoms with Crippen LogP contribution in [0.1, 0.15) is 5.56 Å². The summed E-state index contributed by atoms with van der Waals surface area (Å²) in [6.07, 6.45) is 3.41. The van der Waals surface area contributed by atoms with Crippen LogP contribution in [0.5, 0.6) is 0 Å². The van der Waals surface area contributed by atoms with Gasteiger partial charge in [-0.2, -0.15) is 0 Å². The Bertz CT molecular complexity index is 404. The lowest BCUT2D eigenvalue weighted by Crippen LogP contribution is -1.87. The van der Waals surface area contributed by atoms with Gasteiger partial charge in [0.2, 0.25) is 0 Å². The predicted octanol–water partition coefficient (Wildman–Crippen LogP) is 2.84. The number of furan rings is 1. The Hall–Kier alpha value is -1.70. The maximum Gasteiger partial charge on any atom is 0.0981 e. The SMILES string of the molecule is Cc1cc(N)ccc1-c1ccoc1. The highest BCUT2D eigenvalue weighted by molar-refractivity contribution is 5.68. The molecular formula is C11H11NO. The second-order valence-electron chi connectivity index (χ2n) is 3.09. The Morgan fingerprint density at radius 3 is 2.69 bits per heavy atom. The largest absolute Gasteiger partial charge is 0.472 e. The number of hydrogen-bond acceptors (Lipinski definition) is 2. The molecule has 0 amide bonds. The standard InChI is InChI=1S/C11H11NO/c1-8-6-10(12)2-3-11(8)9-4-5-13-7-9/h2-7H,12H2,1H3. The molecule has 2 heteroatoms. The summed E-state index contributed by atoms with van der Waals surface area (Å²) in [5.41, 5.74) is 9.89. The van der Waals surface area contributed by atoms with Crippen molar-refractivity contribution in [3.05, 3.63) is 42.4 Å². The molecule has 2 nitrogen and oxygen atoms in total. The van der Waals surface area contributed by atoms with E-state index >= 15 is 0 Å². The number of nitrogens with two attached hydrogens (primary N) is 1. The molecule has 2 rings (SSSR count). The van der Waals surface area contributed by atoms with Crippen LogP contribution >= 0.6 is 0 Å². The van der Waals surface area contributed by atoms with Gasteiger partial charge in [-0.25, -0.2) is 0 Å². The van der Waals surface area contributed by atoms with Crippen LogP contribution in [0.2, 0.25) is 0 Å². The van der Waals surface area contributed by atoms with Crippen LogP contribution in [0.3, 0.4) is 0 Å². The van der Waals surface area contributed by atoms with Crippen LogP contribution < -0.4 is 5.73 Å². The highest BCUT2D eigenvalue weighted by atomic mass is 16.3. The minimum atomic E-state index is 0.796. The van der Waals surface area contributed by atoms with Crippen molar-refractivity contribution >= 4 is 5.69 Å². The Morgan fingerprint density at radius 2 is 2.08 bits per heavy atom. The molecule has 0 saturated carbocycles. The van der Waals surface area contributed by atoms with Crippen molar-refractivity contribution in [3.63, 3.8) is 0 Å². The van der Waals surface area contributed by atoms with E-state index in [1.54, 1.807) is 12.5 Å². The Balaban J connectivity index is 2.53. The molecule has 0 spiro atoms. The molecule has 0 aliphatic rings. The molecule has 0 aliphatic heterocycles. The van der Waals surface area contributed by atoms with Crippen molar-refractivity contribution in [1.82, 2.24) is 0 Å². The van der Waals surface area contributed by atoms with Crippen LogP contribution in [0.25, 0.3) is 11.1 Å². The van der Waals surface area contributed by atoms with Crippen LogP contribution in [0.15, 0.2) is 41.2 Å². The van der Waals surface area contributed by atoms with Gasteiger partial charge in [0.25, 0.3) is 0 Å². The summed E-state index contributed by atoms with van der Waals surface area (Å²) in [6, 6.07) is 7.81. The second-order valence-corrected chi connectivity index (χ2v) is 3.09. The first-order valence-electron chi connectivity index (χ1n) is 4.16. The van der Waals surface area contributed by atoms with Crippen molar-refractivity contribution in [3.8, 4) is 11.1 Å². The van der Waals surface area contributed by atoms with E-state index in [4.69, 9.17) is 10.2 Å². The molecule has 0 aliphatic carbocycles. The number of hydrogen-bond donors (Lipinski definition) is 1. The second kappa shape index (κ2) is 2.98. The third-order valence-corrected chi connectivity index (χ3v) is 2.08. The van der Waals surface area contributed by atoms with Gasteiger partial charge in [0.05, 0.1) is 12.5 Å². The molecule has 0 radical (unpaired) electrons. The molecule has 1 aromatic carbocycles. The summed E-state index contributed by atoms with van der Waals surface area (Å²) in [7, 11) is 0. The molecule has 0 fully saturated rings. The van der Waals surface area contributed by atoms with Gasteiger partial charge < -0.3 is 10.2 Å². The summed E-state index contributed by atoms with van der Waals surface area (Å²) in [4.78, 5) is 0. The first-order valence-corrected chi connectivity index (χ1v) is 4.16. The van der Waals surface area contributed by atoms with Crippen LogP contribution in [0.4, 0.5) is 5.69 Å². The molecule has 13 heavy (non-hydrogen) atoms. The maximum atomic E-state index is 5.66. The monoisotopic (exact) mass is 173 g/mol. The minimum absolute atomic E-state index is 0.796. The van der Waals surface area contributed by atoms with Gasteiger partial charge in [-0.05, 0) is 36.2 Å². The quantitative estimate of drug-likeness (QED) is 0.673. The number of nitrogen functional groups attached to an aromatic ring is 1. The van der Waals surface area contributed by atoms with Gasteiger partial charge >= 0.3 is 0 Å². The van der Waals surface area contributed by atoms with E-state index in [0.717, 1.165) is 11.3 Å². The Kier molecular flexibility index (Phi) is 1.81. The van der Waals surface area contributed by atoms with Gasteiger partial charge in [-0.15, -0.1) is 0 Å². The normalized spacial score (nSPS) is 10.2. The summed E-state index contributed by atoms with van der Waals surface area (Å²) in [6.45, 7) is 2.04. The van der Waals surface area contributed by atoms with E-state index in [2.05, 4.69) is 0 Å². The maximum absolute atomic E-state index is 5.66. The van der Waals surface area contributed by atoms with Gasteiger partial charge in [-0.1, -0.05) is 6.07 Å². The molecule has 1 heterocycles.